The van der Waals surface area contributed by atoms with E-state index in [0.29, 0.717) is 5.78 Å². The predicted octanol–water partition coefficient (Wildman–Crippen LogP) is 3.91. The summed E-state index contributed by atoms with van der Waals surface area (Å²) < 4.78 is 0. The molecule has 1 unspecified atom stereocenters. The molecule has 0 saturated heterocycles. The zero-order valence-electron chi connectivity index (χ0n) is 9.95. The first-order chi connectivity index (χ1) is 7.68. The lowest BCUT2D eigenvalue weighted by molar-refractivity contribution is -0.119. The Morgan fingerprint density at radius 3 is 2.81 bits per heavy atom. The minimum absolute atomic E-state index is 0.203. The number of carbonyl (C=O) groups is 1. The Hall–Kier alpha value is -0.760. The van der Waals surface area contributed by atoms with Crippen LogP contribution < -0.4 is 0 Å². The van der Waals surface area contributed by atoms with Gasteiger partial charge in [-0.15, -0.1) is 11.8 Å². The lowest BCUT2D eigenvalue weighted by Crippen LogP contribution is -2.21. The lowest BCUT2D eigenvalue weighted by atomic mass is 9.99. The zero-order valence-corrected chi connectivity index (χ0v) is 10.8. The minimum atomic E-state index is 0.203. The number of ketones is 1. The van der Waals surface area contributed by atoms with Crippen molar-refractivity contribution >= 4 is 17.5 Å². The van der Waals surface area contributed by atoms with Crippen molar-refractivity contribution in [3.05, 3.63) is 29.3 Å². The maximum Gasteiger partial charge on any atom is 0.146 e. The highest BCUT2D eigenvalue weighted by molar-refractivity contribution is 8.00. The van der Waals surface area contributed by atoms with Gasteiger partial charge in [0.15, 0.2) is 0 Å². The van der Waals surface area contributed by atoms with Gasteiger partial charge in [-0.05, 0) is 43.9 Å². The van der Waals surface area contributed by atoms with Gasteiger partial charge in [-0.3, -0.25) is 4.79 Å². The Labute approximate surface area is 102 Å². The van der Waals surface area contributed by atoms with Gasteiger partial charge in [-0.25, -0.2) is 0 Å². The Morgan fingerprint density at radius 2 is 2.06 bits per heavy atom. The molecule has 1 atom stereocenters. The molecule has 0 heterocycles. The van der Waals surface area contributed by atoms with Gasteiger partial charge < -0.3 is 0 Å². The van der Waals surface area contributed by atoms with Gasteiger partial charge in [-0.1, -0.05) is 18.6 Å². The van der Waals surface area contributed by atoms with E-state index < -0.39 is 0 Å². The van der Waals surface area contributed by atoms with Gasteiger partial charge in [-0.2, -0.15) is 0 Å². The number of thioether (sulfide) groups is 1. The summed E-state index contributed by atoms with van der Waals surface area (Å²) in [6, 6.07) is 6.34. The SMILES string of the molecule is Cc1cccc(SC2CCCCC2=O)c1C. The maximum absolute atomic E-state index is 11.8. The molecule has 1 aromatic rings. The molecule has 0 amide bonds. The van der Waals surface area contributed by atoms with E-state index in [-0.39, 0.29) is 5.25 Å². The topological polar surface area (TPSA) is 17.1 Å². The van der Waals surface area contributed by atoms with Crippen LogP contribution in [0.15, 0.2) is 23.1 Å². The van der Waals surface area contributed by atoms with Crippen LogP contribution in [0.5, 0.6) is 0 Å². The van der Waals surface area contributed by atoms with E-state index >= 15 is 0 Å². The van der Waals surface area contributed by atoms with Crippen LogP contribution >= 0.6 is 11.8 Å². The van der Waals surface area contributed by atoms with Gasteiger partial charge in [0, 0.05) is 11.3 Å². The summed E-state index contributed by atoms with van der Waals surface area (Å²) in [5.74, 6) is 0.442. The summed E-state index contributed by atoms with van der Waals surface area (Å²) in [6.07, 6.45) is 4.12. The molecular formula is C14H18OS. The van der Waals surface area contributed by atoms with Crippen LogP contribution in [0.2, 0.25) is 0 Å². The van der Waals surface area contributed by atoms with Crippen molar-refractivity contribution in [3.63, 3.8) is 0 Å². The maximum atomic E-state index is 11.8. The van der Waals surface area contributed by atoms with E-state index in [0.717, 1.165) is 19.3 Å². The van der Waals surface area contributed by atoms with Crippen LogP contribution in [0.1, 0.15) is 36.8 Å². The molecule has 1 fully saturated rings. The quantitative estimate of drug-likeness (QED) is 0.772. The lowest BCUT2D eigenvalue weighted by Gasteiger charge is -2.21. The minimum Gasteiger partial charge on any atom is -0.298 e. The first-order valence-electron chi connectivity index (χ1n) is 5.94. The second kappa shape index (κ2) is 5.05. The molecule has 1 aromatic carbocycles. The van der Waals surface area contributed by atoms with Crippen molar-refractivity contribution in [2.24, 2.45) is 0 Å². The molecule has 1 nitrogen and oxygen atoms in total. The molecule has 1 saturated carbocycles. The van der Waals surface area contributed by atoms with Crippen LogP contribution in [0.3, 0.4) is 0 Å². The van der Waals surface area contributed by atoms with Gasteiger partial charge in [0.1, 0.15) is 5.78 Å². The largest absolute Gasteiger partial charge is 0.298 e. The number of rotatable bonds is 2. The van der Waals surface area contributed by atoms with Crippen molar-refractivity contribution in [1.29, 1.82) is 0 Å². The highest BCUT2D eigenvalue weighted by atomic mass is 32.2. The first kappa shape index (κ1) is 11.7. The Balaban J connectivity index is 2.14. The average molecular weight is 234 g/mol. The number of Topliss-reactive ketones (excluding diaryl/α,β-unsaturated/α-hetero) is 1. The normalized spacial score (nSPS) is 21.1. The molecule has 0 radical (unpaired) electrons. The summed E-state index contributed by atoms with van der Waals surface area (Å²) in [7, 11) is 0. The van der Waals surface area contributed by atoms with E-state index in [1.54, 1.807) is 11.8 Å². The standard InChI is InChI=1S/C14H18OS/c1-10-6-5-9-13(11(10)2)16-14-8-4-3-7-12(14)15/h5-6,9,14H,3-4,7-8H2,1-2H3. The fourth-order valence-corrected chi connectivity index (χ4v) is 3.42. The third-order valence-electron chi connectivity index (χ3n) is 3.32. The van der Waals surface area contributed by atoms with Gasteiger partial charge >= 0.3 is 0 Å². The molecule has 0 aromatic heterocycles. The summed E-state index contributed by atoms with van der Waals surface area (Å²) in [5.41, 5.74) is 2.64. The van der Waals surface area contributed by atoms with Crippen LogP contribution in [-0.2, 0) is 4.79 Å². The van der Waals surface area contributed by atoms with Crippen LogP contribution in [0, 0.1) is 13.8 Å². The van der Waals surface area contributed by atoms with Crippen LogP contribution in [-0.4, -0.2) is 11.0 Å². The summed E-state index contributed by atoms with van der Waals surface area (Å²) >= 11 is 1.76. The summed E-state index contributed by atoms with van der Waals surface area (Å²) in [5, 5.41) is 0.203. The van der Waals surface area contributed by atoms with E-state index in [2.05, 4.69) is 32.0 Å². The van der Waals surface area contributed by atoms with Crippen molar-refractivity contribution in [3.8, 4) is 0 Å². The molecule has 0 N–H and O–H groups in total. The Bertz CT molecular complexity index is 398. The average Bonchev–Trinajstić information content (AvgIpc) is 2.28. The monoisotopic (exact) mass is 234 g/mol. The van der Waals surface area contributed by atoms with Crippen LogP contribution in [0.25, 0.3) is 0 Å². The van der Waals surface area contributed by atoms with Gasteiger partial charge in [0.05, 0.1) is 5.25 Å². The van der Waals surface area contributed by atoms with E-state index in [4.69, 9.17) is 0 Å². The van der Waals surface area contributed by atoms with Crippen molar-refractivity contribution in [2.45, 2.75) is 49.7 Å². The molecule has 2 rings (SSSR count). The molecule has 2 heteroatoms. The molecular weight excluding hydrogens is 216 g/mol. The highest BCUT2D eigenvalue weighted by Crippen LogP contribution is 2.34. The number of benzene rings is 1. The number of aryl methyl sites for hydroxylation is 1. The third kappa shape index (κ3) is 2.49. The number of carbonyl (C=O) groups excluding carboxylic acids is 1. The zero-order chi connectivity index (χ0) is 11.5. The van der Waals surface area contributed by atoms with Crippen molar-refractivity contribution in [1.82, 2.24) is 0 Å². The third-order valence-corrected chi connectivity index (χ3v) is 4.80. The molecule has 0 spiro atoms. The fourth-order valence-electron chi connectivity index (χ4n) is 2.08. The molecule has 16 heavy (non-hydrogen) atoms. The van der Waals surface area contributed by atoms with E-state index in [1.807, 2.05) is 0 Å². The smallest absolute Gasteiger partial charge is 0.146 e. The molecule has 0 aliphatic heterocycles. The molecule has 1 aliphatic rings. The van der Waals surface area contributed by atoms with Gasteiger partial charge in [0.25, 0.3) is 0 Å². The number of hydrogen-bond donors (Lipinski definition) is 0. The second-order valence-corrected chi connectivity index (χ2v) is 5.76. The van der Waals surface area contributed by atoms with Crippen LogP contribution in [0.4, 0.5) is 0 Å². The molecule has 0 bridgehead atoms. The first-order valence-corrected chi connectivity index (χ1v) is 6.82. The summed E-state index contributed by atoms with van der Waals surface area (Å²) in [6.45, 7) is 4.27. The molecule has 1 aliphatic carbocycles. The molecule has 86 valence electrons. The fraction of sp³-hybridized carbons (Fsp3) is 0.500. The van der Waals surface area contributed by atoms with Crippen molar-refractivity contribution < 1.29 is 4.79 Å². The highest BCUT2D eigenvalue weighted by Gasteiger charge is 2.23. The Morgan fingerprint density at radius 1 is 1.25 bits per heavy atom. The second-order valence-electron chi connectivity index (χ2n) is 4.52. The van der Waals surface area contributed by atoms with Crippen molar-refractivity contribution in [2.75, 3.05) is 0 Å². The summed E-state index contributed by atoms with van der Waals surface area (Å²) in [4.78, 5) is 13.1. The van der Waals surface area contributed by atoms with E-state index in [9.17, 15) is 4.79 Å². The number of hydrogen-bond acceptors (Lipinski definition) is 2. The van der Waals surface area contributed by atoms with E-state index in [1.165, 1.54) is 22.4 Å². The predicted molar refractivity (Wildman–Crippen MR) is 69.0 cm³/mol. The van der Waals surface area contributed by atoms with Gasteiger partial charge in [0.2, 0.25) is 0 Å². The Kier molecular flexibility index (Phi) is 3.70.